The zero-order valence-electron chi connectivity index (χ0n) is 15.4. The van der Waals surface area contributed by atoms with Gasteiger partial charge in [0, 0.05) is 17.3 Å². The molecule has 0 atom stereocenters. The molecule has 0 aliphatic rings. The van der Waals surface area contributed by atoms with E-state index in [2.05, 4.69) is 98.3 Å². The summed E-state index contributed by atoms with van der Waals surface area (Å²) in [6, 6.07) is 25.3. The van der Waals surface area contributed by atoms with Crippen LogP contribution in [0.1, 0.15) is 16.7 Å². The lowest BCUT2D eigenvalue weighted by molar-refractivity contribution is 1.03. The maximum absolute atomic E-state index is 5.01. The predicted molar refractivity (Wildman–Crippen MR) is 109 cm³/mol. The van der Waals surface area contributed by atoms with E-state index in [1.807, 2.05) is 6.07 Å². The smallest absolute Gasteiger partial charge is 0.145 e. The van der Waals surface area contributed by atoms with Crippen LogP contribution < -0.4 is 0 Å². The van der Waals surface area contributed by atoms with Gasteiger partial charge in [0.1, 0.15) is 5.82 Å². The van der Waals surface area contributed by atoms with Crippen molar-refractivity contribution in [2.24, 2.45) is 0 Å². The van der Waals surface area contributed by atoms with E-state index in [4.69, 9.17) is 4.98 Å². The summed E-state index contributed by atoms with van der Waals surface area (Å²) in [4.78, 5) is 5.01. The fourth-order valence-corrected chi connectivity index (χ4v) is 3.47. The van der Waals surface area contributed by atoms with Crippen LogP contribution in [0.2, 0.25) is 0 Å². The van der Waals surface area contributed by atoms with Gasteiger partial charge < -0.3 is 0 Å². The summed E-state index contributed by atoms with van der Waals surface area (Å²) in [5.74, 6) is 0.972. The van der Waals surface area contributed by atoms with E-state index in [9.17, 15) is 0 Å². The Labute approximate surface area is 154 Å². The van der Waals surface area contributed by atoms with E-state index in [0.717, 1.165) is 22.6 Å². The molecule has 0 saturated heterocycles. The zero-order chi connectivity index (χ0) is 18.1. The summed E-state index contributed by atoms with van der Waals surface area (Å²) in [7, 11) is 0. The van der Waals surface area contributed by atoms with E-state index in [1.54, 1.807) is 0 Å². The molecule has 4 rings (SSSR count). The first-order valence-electron chi connectivity index (χ1n) is 8.92. The van der Waals surface area contributed by atoms with Gasteiger partial charge in [-0.2, -0.15) is 0 Å². The highest BCUT2D eigenvalue weighted by atomic mass is 15.1. The molecule has 128 valence electrons. The Bertz CT molecular complexity index is 1040. The van der Waals surface area contributed by atoms with E-state index in [1.165, 1.54) is 22.4 Å². The van der Waals surface area contributed by atoms with Crippen molar-refractivity contribution < 1.29 is 0 Å². The number of para-hydroxylation sites is 1. The first-order valence-corrected chi connectivity index (χ1v) is 8.92. The molecule has 0 spiro atoms. The van der Waals surface area contributed by atoms with Crippen molar-refractivity contribution in [3.63, 3.8) is 0 Å². The third kappa shape index (κ3) is 2.95. The normalized spacial score (nSPS) is 10.9. The average molecular weight is 338 g/mol. The summed E-state index contributed by atoms with van der Waals surface area (Å²) in [6.45, 7) is 6.43. The molecule has 0 bridgehead atoms. The second-order valence-corrected chi connectivity index (χ2v) is 6.80. The molecule has 0 N–H and O–H groups in total. The third-order valence-corrected chi connectivity index (χ3v) is 4.73. The van der Waals surface area contributed by atoms with Gasteiger partial charge in [-0.1, -0.05) is 72.3 Å². The molecule has 4 aromatic rings. The minimum atomic E-state index is 0.972. The summed E-state index contributed by atoms with van der Waals surface area (Å²) >= 11 is 0. The van der Waals surface area contributed by atoms with Crippen LogP contribution in [-0.2, 0) is 0 Å². The Morgan fingerprint density at radius 1 is 0.692 bits per heavy atom. The Morgan fingerprint density at radius 2 is 1.35 bits per heavy atom. The Kier molecular flexibility index (Phi) is 4.18. The summed E-state index contributed by atoms with van der Waals surface area (Å²) < 4.78 is 2.23. The van der Waals surface area contributed by atoms with Crippen LogP contribution in [0, 0.1) is 20.8 Å². The van der Waals surface area contributed by atoms with Crippen molar-refractivity contribution >= 4 is 0 Å². The molecule has 0 unspecified atom stereocenters. The molecule has 1 heterocycles. The second kappa shape index (κ2) is 6.64. The summed E-state index contributed by atoms with van der Waals surface area (Å²) in [5.41, 5.74) is 8.20. The van der Waals surface area contributed by atoms with Gasteiger partial charge in [-0.25, -0.2) is 4.98 Å². The number of benzene rings is 3. The second-order valence-electron chi connectivity index (χ2n) is 6.80. The van der Waals surface area contributed by atoms with Gasteiger partial charge in [0.25, 0.3) is 0 Å². The Balaban J connectivity index is 1.98. The molecule has 0 radical (unpaired) electrons. The molecular weight excluding hydrogens is 316 g/mol. The number of rotatable bonds is 3. The minimum Gasteiger partial charge on any atom is -0.299 e. The van der Waals surface area contributed by atoms with Gasteiger partial charge >= 0.3 is 0 Å². The number of aromatic nitrogens is 2. The highest BCUT2D eigenvalue weighted by Crippen LogP contribution is 2.30. The maximum atomic E-state index is 5.01. The molecule has 0 amide bonds. The Morgan fingerprint density at radius 3 is 2.04 bits per heavy atom. The molecule has 2 heteroatoms. The molecule has 3 aromatic carbocycles. The molecule has 1 aromatic heterocycles. The molecular formula is C24H22N2. The number of imidazole rings is 1. The van der Waals surface area contributed by atoms with E-state index < -0.39 is 0 Å². The third-order valence-electron chi connectivity index (χ3n) is 4.73. The van der Waals surface area contributed by atoms with E-state index >= 15 is 0 Å². The lowest BCUT2D eigenvalue weighted by Gasteiger charge is -2.13. The van der Waals surface area contributed by atoms with Gasteiger partial charge in [-0.05, 0) is 38.0 Å². The summed E-state index contributed by atoms with van der Waals surface area (Å²) in [6.07, 6.45) is 2.16. The van der Waals surface area contributed by atoms with Crippen LogP contribution in [0.15, 0.2) is 79.0 Å². The monoisotopic (exact) mass is 338 g/mol. The zero-order valence-corrected chi connectivity index (χ0v) is 15.4. The van der Waals surface area contributed by atoms with Crippen molar-refractivity contribution in [2.45, 2.75) is 20.8 Å². The van der Waals surface area contributed by atoms with Crippen LogP contribution in [0.5, 0.6) is 0 Å². The number of nitrogens with zero attached hydrogens (tertiary/aromatic N) is 2. The maximum Gasteiger partial charge on any atom is 0.145 e. The fraction of sp³-hybridized carbons (Fsp3) is 0.125. The molecule has 0 aliphatic carbocycles. The lowest BCUT2D eigenvalue weighted by atomic mass is 10.1. The van der Waals surface area contributed by atoms with Crippen LogP contribution in [0.3, 0.4) is 0 Å². The van der Waals surface area contributed by atoms with Crippen LogP contribution in [0.25, 0.3) is 28.3 Å². The van der Waals surface area contributed by atoms with E-state index in [0.29, 0.717) is 0 Å². The van der Waals surface area contributed by atoms with Gasteiger partial charge in [-0.3, -0.25) is 4.57 Å². The first-order chi connectivity index (χ1) is 12.6. The SMILES string of the molecule is Cc1cccc(-c2cn(-c3c(C)cccc3C)c(-c3ccccc3)n2)c1. The van der Waals surface area contributed by atoms with Crippen molar-refractivity contribution in [2.75, 3.05) is 0 Å². The van der Waals surface area contributed by atoms with E-state index in [-0.39, 0.29) is 0 Å². The van der Waals surface area contributed by atoms with Gasteiger partial charge in [-0.15, -0.1) is 0 Å². The number of aryl methyl sites for hydroxylation is 3. The van der Waals surface area contributed by atoms with Crippen molar-refractivity contribution in [3.05, 3.63) is 95.7 Å². The average Bonchev–Trinajstić information content (AvgIpc) is 3.07. The van der Waals surface area contributed by atoms with Crippen LogP contribution >= 0.6 is 0 Å². The highest BCUT2D eigenvalue weighted by Gasteiger charge is 2.15. The molecule has 26 heavy (non-hydrogen) atoms. The van der Waals surface area contributed by atoms with Gasteiger partial charge in [0.05, 0.1) is 11.4 Å². The van der Waals surface area contributed by atoms with Gasteiger partial charge in [0.15, 0.2) is 0 Å². The highest BCUT2D eigenvalue weighted by molar-refractivity contribution is 5.68. The predicted octanol–water partition coefficient (Wildman–Crippen LogP) is 6.13. The minimum absolute atomic E-state index is 0.972. The number of hydrogen-bond acceptors (Lipinski definition) is 1. The van der Waals surface area contributed by atoms with Crippen molar-refractivity contribution in [1.82, 2.24) is 9.55 Å². The molecule has 0 aliphatic heterocycles. The van der Waals surface area contributed by atoms with Crippen molar-refractivity contribution in [1.29, 1.82) is 0 Å². The number of hydrogen-bond donors (Lipinski definition) is 0. The molecule has 0 fully saturated rings. The molecule has 0 saturated carbocycles. The van der Waals surface area contributed by atoms with Crippen LogP contribution in [0.4, 0.5) is 0 Å². The standard InChI is InChI=1S/C24H22N2/c1-17-9-7-14-21(15-17)22-16-26(23-18(2)10-8-11-19(23)3)24(25-22)20-12-5-4-6-13-20/h4-16H,1-3H3. The molecule has 2 nitrogen and oxygen atoms in total. The van der Waals surface area contributed by atoms with Crippen molar-refractivity contribution in [3.8, 4) is 28.3 Å². The van der Waals surface area contributed by atoms with Crippen LogP contribution in [-0.4, -0.2) is 9.55 Å². The lowest BCUT2D eigenvalue weighted by Crippen LogP contribution is -2.01. The van der Waals surface area contributed by atoms with Gasteiger partial charge in [0.2, 0.25) is 0 Å². The first kappa shape index (κ1) is 16.3. The Hall–Kier alpha value is -3.13. The quantitative estimate of drug-likeness (QED) is 0.439. The fourth-order valence-electron chi connectivity index (χ4n) is 3.47. The summed E-state index contributed by atoms with van der Waals surface area (Å²) in [5, 5.41) is 0. The largest absolute Gasteiger partial charge is 0.299 e. The topological polar surface area (TPSA) is 17.8 Å².